The molecule has 2 aliphatic heterocycles. The van der Waals surface area contributed by atoms with Gasteiger partial charge in [-0.2, -0.15) is 13.2 Å². The first kappa shape index (κ1) is 26.7. The third-order valence-corrected chi connectivity index (χ3v) is 6.59. The molecule has 34 heavy (non-hydrogen) atoms. The average Bonchev–Trinajstić information content (AvgIpc) is 3.18. The summed E-state index contributed by atoms with van der Waals surface area (Å²) in [5, 5.41) is 24.0. The van der Waals surface area contributed by atoms with Crippen molar-refractivity contribution in [1.82, 2.24) is 21.3 Å². The van der Waals surface area contributed by atoms with Crippen molar-refractivity contribution >= 4 is 0 Å². The zero-order valence-electron chi connectivity index (χ0n) is 20.3. The standard InChI is InChI=1S/C23H37F3N4O4/c1-13(2)22(4,31)20-9-16(11-33-12-23(24,25)26)29-21(30-20)28-15-6-7-17(18(8-15)32-5)19-10-27-14(3)34-19/h8-10,13-14,17-18,20-21,27-31H,6-7,11-12H2,1-5H3/t14?,17?,18?,20?,21?,22-/m1/s1. The first-order chi connectivity index (χ1) is 15.9. The smallest absolute Gasteiger partial charge is 0.411 e. The largest absolute Gasteiger partial charge is 0.473 e. The summed E-state index contributed by atoms with van der Waals surface area (Å²) in [5.41, 5.74) is 0.260. The van der Waals surface area contributed by atoms with Crippen molar-refractivity contribution in [2.24, 2.45) is 11.8 Å². The van der Waals surface area contributed by atoms with E-state index in [9.17, 15) is 18.3 Å². The predicted octanol–water partition coefficient (Wildman–Crippen LogP) is 2.41. The highest BCUT2D eigenvalue weighted by Gasteiger charge is 2.38. The summed E-state index contributed by atoms with van der Waals surface area (Å²) in [4.78, 5) is 0. The molecule has 0 spiro atoms. The number of hydrogen-bond donors (Lipinski definition) is 5. The molecule has 5 unspecified atom stereocenters. The summed E-state index contributed by atoms with van der Waals surface area (Å²) in [6, 6.07) is -0.504. The van der Waals surface area contributed by atoms with E-state index >= 15 is 0 Å². The van der Waals surface area contributed by atoms with E-state index in [1.54, 1.807) is 20.1 Å². The minimum atomic E-state index is -4.40. The highest BCUT2D eigenvalue weighted by atomic mass is 19.4. The van der Waals surface area contributed by atoms with Crippen LogP contribution in [0.4, 0.5) is 13.2 Å². The molecule has 0 saturated heterocycles. The lowest BCUT2D eigenvalue weighted by molar-refractivity contribution is -0.172. The van der Waals surface area contributed by atoms with Crippen molar-refractivity contribution in [2.75, 3.05) is 20.3 Å². The number of allylic oxidation sites excluding steroid dienone is 1. The van der Waals surface area contributed by atoms with Crippen LogP contribution in [-0.2, 0) is 14.2 Å². The summed E-state index contributed by atoms with van der Waals surface area (Å²) in [6.07, 6.45) is 1.92. The molecule has 11 heteroatoms. The number of halogens is 3. The van der Waals surface area contributed by atoms with E-state index in [1.807, 2.05) is 33.0 Å². The summed E-state index contributed by atoms with van der Waals surface area (Å²) in [5.74, 6) is 0.852. The van der Waals surface area contributed by atoms with Crippen LogP contribution in [0.5, 0.6) is 0 Å². The van der Waals surface area contributed by atoms with Gasteiger partial charge < -0.3 is 35.3 Å². The Kier molecular flexibility index (Phi) is 8.43. The minimum Gasteiger partial charge on any atom is -0.473 e. The van der Waals surface area contributed by atoms with E-state index in [1.165, 1.54) is 0 Å². The van der Waals surface area contributed by atoms with E-state index in [0.717, 1.165) is 24.3 Å². The van der Waals surface area contributed by atoms with Gasteiger partial charge in [-0.3, -0.25) is 5.32 Å². The summed E-state index contributed by atoms with van der Waals surface area (Å²) in [7, 11) is 1.65. The Morgan fingerprint density at radius 2 is 2.03 bits per heavy atom. The van der Waals surface area contributed by atoms with E-state index in [0.29, 0.717) is 5.70 Å². The third kappa shape index (κ3) is 6.80. The molecule has 3 aliphatic rings. The fourth-order valence-corrected chi connectivity index (χ4v) is 4.23. The number of rotatable bonds is 9. The van der Waals surface area contributed by atoms with E-state index in [4.69, 9.17) is 14.2 Å². The van der Waals surface area contributed by atoms with Crippen LogP contribution in [0.2, 0.25) is 0 Å². The summed E-state index contributed by atoms with van der Waals surface area (Å²) < 4.78 is 54.0. The van der Waals surface area contributed by atoms with Gasteiger partial charge in [0.25, 0.3) is 0 Å². The highest BCUT2D eigenvalue weighted by Crippen LogP contribution is 2.33. The van der Waals surface area contributed by atoms with Gasteiger partial charge in [0.15, 0.2) is 12.5 Å². The monoisotopic (exact) mass is 490 g/mol. The van der Waals surface area contributed by atoms with Crippen LogP contribution in [0, 0.1) is 11.8 Å². The van der Waals surface area contributed by atoms with Crippen molar-refractivity contribution in [3.63, 3.8) is 0 Å². The summed E-state index contributed by atoms with van der Waals surface area (Å²) >= 11 is 0. The molecule has 0 bridgehead atoms. The van der Waals surface area contributed by atoms with Gasteiger partial charge in [0.05, 0.1) is 24.4 Å². The predicted molar refractivity (Wildman–Crippen MR) is 121 cm³/mol. The zero-order valence-corrected chi connectivity index (χ0v) is 20.3. The SMILES string of the molecule is COC1C=C(NC2NC(COCC(F)(F)F)=CC([C@](C)(O)C(C)C)N2)CCC1C1=CNC(C)O1. The number of aliphatic hydroxyl groups is 1. The lowest BCUT2D eigenvalue weighted by atomic mass is 9.84. The maximum atomic E-state index is 12.5. The second-order valence-electron chi connectivity index (χ2n) is 9.56. The molecule has 0 amide bonds. The maximum absolute atomic E-state index is 12.5. The highest BCUT2D eigenvalue weighted by molar-refractivity contribution is 5.20. The lowest BCUT2D eigenvalue weighted by Crippen LogP contribution is -2.64. The van der Waals surface area contributed by atoms with Crippen LogP contribution >= 0.6 is 0 Å². The van der Waals surface area contributed by atoms with Crippen molar-refractivity contribution in [2.45, 2.75) is 77.0 Å². The molecule has 0 saturated carbocycles. The molecule has 0 radical (unpaired) electrons. The Labute approximate surface area is 199 Å². The Bertz CT molecular complexity index is 798. The Balaban J connectivity index is 1.70. The van der Waals surface area contributed by atoms with Gasteiger partial charge in [0, 0.05) is 30.6 Å². The van der Waals surface area contributed by atoms with Gasteiger partial charge in [-0.05, 0) is 44.8 Å². The quantitative estimate of drug-likeness (QED) is 0.336. The van der Waals surface area contributed by atoms with Crippen LogP contribution in [0.1, 0.15) is 40.5 Å². The van der Waals surface area contributed by atoms with Crippen LogP contribution in [0.25, 0.3) is 0 Å². The molecular formula is C23H37F3N4O4. The molecule has 5 N–H and O–H groups in total. The third-order valence-electron chi connectivity index (χ3n) is 6.59. The summed E-state index contributed by atoms with van der Waals surface area (Å²) in [6.45, 7) is 5.84. The first-order valence-corrected chi connectivity index (χ1v) is 11.6. The first-order valence-electron chi connectivity index (χ1n) is 11.6. The second kappa shape index (κ2) is 10.8. The molecule has 0 fully saturated rings. The van der Waals surface area contributed by atoms with Gasteiger partial charge in [-0.1, -0.05) is 13.8 Å². The number of ether oxygens (including phenoxy) is 3. The number of nitrogens with one attached hydrogen (secondary N) is 4. The average molecular weight is 491 g/mol. The molecule has 6 atom stereocenters. The van der Waals surface area contributed by atoms with Gasteiger partial charge in [0.2, 0.25) is 0 Å². The second-order valence-corrected chi connectivity index (χ2v) is 9.56. The van der Waals surface area contributed by atoms with Crippen LogP contribution in [0.3, 0.4) is 0 Å². The van der Waals surface area contributed by atoms with Crippen molar-refractivity contribution in [3.05, 3.63) is 35.5 Å². The lowest BCUT2D eigenvalue weighted by Gasteiger charge is -2.42. The molecule has 0 aromatic carbocycles. The number of methoxy groups -OCH3 is 1. The maximum Gasteiger partial charge on any atom is 0.411 e. The van der Waals surface area contributed by atoms with Gasteiger partial charge >= 0.3 is 6.18 Å². The van der Waals surface area contributed by atoms with E-state index in [-0.39, 0.29) is 30.8 Å². The van der Waals surface area contributed by atoms with Gasteiger partial charge in [0.1, 0.15) is 12.4 Å². The fourth-order valence-electron chi connectivity index (χ4n) is 4.23. The number of hydrogen-bond acceptors (Lipinski definition) is 8. The van der Waals surface area contributed by atoms with Crippen LogP contribution in [-0.4, -0.2) is 61.9 Å². The number of alkyl halides is 3. The molecular weight excluding hydrogens is 453 g/mol. The van der Waals surface area contributed by atoms with Gasteiger partial charge in [-0.15, -0.1) is 0 Å². The molecule has 3 rings (SSSR count). The molecule has 0 aromatic rings. The molecule has 1 aliphatic carbocycles. The topological polar surface area (TPSA) is 96.0 Å². The van der Waals surface area contributed by atoms with Crippen LogP contribution in [0.15, 0.2) is 35.5 Å². The van der Waals surface area contributed by atoms with Gasteiger partial charge in [-0.25, -0.2) is 0 Å². The minimum absolute atomic E-state index is 0.0675. The van der Waals surface area contributed by atoms with Crippen molar-refractivity contribution in [3.8, 4) is 0 Å². The molecule has 194 valence electrons. The molecule has 0 aromatic heterocycles. The Hall–Kier alpha value is -1.95. The van der Waals surface area contributed by atoms with E-state index < -0.39 is 30.7 Å². The normalized spacial score (nSPS) is 31.5. The zero-order chi connectivity index (χ0) is 25.1. The molecule has 2 heterocycles. The molecule has 8 nitrogen and oxygen atoms in total. The van der Waals surface area contributed by atoms with Crippen LogP contribution < -0.4 is 21.3 Å². The fraction of sp³-hybridized carbons (Fsp3) is 0.739. The Morgan fingerprint density at radius 3 is 2.62 bits per heavy atom. The van der Waals surface area contributed by atoms with Crippen molar-refractivity contribution < 1.29 is 32.5 Å². The van der Waals surface area contributed by atoms with E-state index in [2.05, 4.69) is 21.3 Å². The Morgan fingerprint density at radius 1 is 1.29 bits per heavy atom. The van der Waals surface area contributed by atoms with Crippen molar-refractivity contribution in [1.29, 1.82) is 0 Å².